The van der Waals surface area contributed by atoms with Crippen LogP contribution in [0.1, 0.15) is 19.4 Å². The number of aliphatic hydroxyl groups excluding tert-OH is 1. The molecule has 0 spiro atoms. The number of aromatic nitrogens is 3. The summed E-state index contributed by atoms with van der Waals surface area (Å²) in [6.45, 7) is 8.62. The summed E-state index contributed by atoms with van der Waals surface area (Å²) in [6, 6.07) is 11.9. The molecule has 2 atom stereocenters. The van der Waals surface area contributed by atoms with E-state index in [1.165, 1.54) is 0 Å². The molecule has 1 aromatic carbocycles. The molecule has 0 saturated carbocycles. The molecule has 4 heterocycles. The van der Waals surface area contributed by atoms with Crippen LogP contribution in [0.25, 0.3) is 22.3 Å². The van der Waals surface area contributed by atoms with E-state index in [1.54, 1.807) is 0 Å². The lowest BCUT2D eigenvalue weighted by Gasteiger charge is -2.36. The van der Waals surface area contributed by atoms with Gasteiger partial charge in [0, 0.05) is 31.7 Å². The molecule has 32 heavy (non-hydrogen) atoms. The number of aliphatic hydroxyl groups is 1. The van der Waals surface area contributed by atoms with Crippen LogP contribution in [-0.2, 0) is 16.1 Å². The molecule has 3 aromatic rings. The quantitative estimate of drug-likeness (QED) is 0.670. The fraction of sp³-hybridized carbons (Fsp3) is 0.458. The van der Waals surface area contributed by atoms with Gasteiger partial charge in [-0.05, 0) is 37.6 Å². The van der Waals surface area contributed by atoms with Crippen molar-refractivity contribution < 1.29 is 14.6 Å². The van der Waals surface area contributed by atoms with E-state index in [9.17, 15) is 5.11 Å². The molecule has 2 saturated heterocycles. The maximum absolute atomic E-state index is 9.51. The van der Waals surface area contributed by atoms with Crippen LogP contribution in [0.15, 0.2) is 36.4 Å². The first-order valence-corrected chi connectivity index (χ1v) is 11.2. The van der Waals surface area contributed by atoms with Gasteiger partial charge in [0.2, 0.25) is 5.95 Å². The number of ether oxygens (including phenoxy) is 2. The molecule has 2 aromatic heterocycles. The van der Waals surface area contributed by atoms with Crippen molar-refractivity contribution in [3.8, 4) is 11.3 Å². The van der Waals surface area contributed by atoms with Crippen molar-refractivity contribution in [2.75, 3.05) is 49.2 Å². The van der Waals surface area contributed by atoms with Crippen molar-refractivity contribution in [3.05, 3.63) is 42.0 Å². The van der Waals surface area contributed by atoms with Gasteiger partial charge in [0.05, 0.1) is 43.1 Å². The third kappa shape index (κ3) is 4.26. The Kier molecular flexibility index (Phi) is 5.91. The molecular weight excluding hydrogens is 406 g/mol. The van der Waals surface area contributed by atoms with E-state index in [-0.39, 0.29) is 18.8 Å². The number of rotatable bonds is 4. The van der Waals surface area contributed by atoms with Crippen LogP contribution in [0.2, 0.25) is 0 Å². The van der Waals surface area contributed by atoms with Gasteiger partial charge in [0.25, 0.3) is 0 Å². The predicted octanol–water partition coefficient (Wildman–Crippen LogP) is 2.63. The second-order valence-electron chi connectivity index (χ2n) is 8.54. The van der Waals surface area contributed by atoms with Crippen LogP contribution >= 0.6 is 0 Å². The van der Waals surface area contributed by atoms with E-state index in [4.69, 9.17) is 24.4 Å². The molecule has 0 unspecified atom stereocenters. The maximum atomic E-state index is 9.51. The minimum atomic E-state index is 0.00230. The Labute approximate surface area is 187 Å². The number of pyridine rings is 1. The zero-order chi connectivity index (χ0) is 22.1. The molecule has 0 amide bonds. The molecular formula is C24H29N5O3. The van der Waals surface area contributed by atoms with Gasteiger partial charge in [-0.15, -0.1) is 0 Å². The van der Waals surface area contributed by atoms with Gasteiger partial charge in [-0.25, -0.2) is 4.98 Å². The Bertz CT molecular complexity index is 1090. The molecule has 1 N–H and O–H groups in total. The number of anilines is 2. The Morgan fingerprint density at radius 3 is 2.50 bits per heavy atom. The average molecular weight is 436 g/mol. The van der Waals surface area contributed by atoms with Gasteiger partial charge in [-0.2, -0.15) is 9.97 Å². The van der Waals surface area contributed by atoms with Crippen LogP contribution in [-0.4, -0.2) is 71.7 Å². The molecule has 0 bridgehead atoms. The third-order valence-electron chi connectivity index (χ3n) is 5.95. The number of morpholine rings is 2. The topological polar surface area (TPSA) is 83.8 Å². The summed E-state index contributed by atoms with van der Waals surface area (Å²) in [4.78, 5) is 19.3. The zero-order valence-electron chi connectivity index (χ0n) is 18.6. The van der Waals surface area contributed by atoms with Crippen molar-refractivity contribution in [1.82, 2.24) is 15.0 Å². The lowest BCUT2D eigenvalue weighted by molar-refractivity contribution is -0.00570. The molecule has 2 aliphatic rings. The summed E-state index contributed by atoms with van der Waals surface area (Å²) in [5.41, 5.74) is 3.32. The minimum absolute atomic E-state index is 0.00230. The highest BCUT2D eigenvalue weighted by molar-refractivity contribution is 5.90. The van der Waals surface area contributed by atoms with E-state index in [2.05, 4.69) is 29.7 Å². The summed E-state index contributed by atoms with van der Waals surface area (Å²) >= 11 is 0. The highest BCUT2D eigenvalue weighted by atomic mass is 16.5. The summed E-state index contributed by atoms with van der Waals surface area (Å²) in [5, 5.41) is 10.4. The number of hydrogen-bond acceptors (Lipinski definition) is 8. The largest absolute Gasteiger partial charge is 0.392 e. The summed E-state index contributed by atoms with van der Waals surface area (Å²) < 4.78 is 11.5. The van der Waals surface area contributed by atoms with Crippen LogP contribution in [0, 0.1) is 0 Å². The predicted molar refractivity (Wildman–Crippen MR) is 124 cm³/mol. The van der Waals surface area contributed by atoms with Crippen LogP contribution < -0.4 is 9.80 Å². The third-order valence-corrected chi connectivity index (χ3v) is 5.95. The number of hydrogen-bond donors (Lipinski definition) is 1. The van der Waals surface area contributed by atoms with Crippen molar-refractivity contribution in [1.29, 1.82) is 0 Å². The first-order chi connectivity index (χ1) is 15.6. The molecule has 8 nitrogen and oxygen atoms in total. The van der Waals surface area contributed by atoms with Crippen LogP contribution in [0.4, 0.5) is 11.8 Å². The lowest BCUT2D eigenvalue weighted by atomic mass is 10.1. The van der Waals surface area contributed by atoms with E-state index < -0.39 is 0 Å². The van der Waals surface area contributed by atoms with Gasteiger partial charge in [-0.3, -0.25) is 0 Å². The molecule has 168 valence electrons. The number of benzene rings is 1. The molecule has 0 aliphatic carbocycles. The average Bonchev–Trinajstić information content (AvgIpc) is 2.83. The van der Waals surface area contributed by atoms with E-state index in [0.29, 0.717) is 24.8 Å². The standard InChI is InChI=1S/C24H29N5O3/c1-16-13-29(14-17(2)32-16)24-26-22-20(23(27-24)28-8-10-31-11-9-28)6-7-21(25-22)19-5-3-4-18(12-19)15-30/h3-7,12,16-17,30H,8-11,13-15H2,1-2H3/t16-,17+. The van der Waals surface area contributed by atoms with E-state index in [1.807, 2.05) is 30.3 Å². The van der Waals surface area contributed by atoms with E-state index in [0.717, 1.165) is 54.2 Å². The first kappa shape index (κ1) is 21.1. The fourth-order valence-electron chi connectivity index (χ4n) is 4.47. The second-order valence-corrected chi connectivity index (χ2v) is 8.54. The number of nitrogens with zero attached hydrogens (tertiary/aromatic N) is 5. The van der Waals surface area contributed by atoms with Crippen molar-refractivity contribution >= 4 is 22.8 Å². The lowest BCUT2D eigenvalue weighted by Crippen LogP contribution is -2.46. The first-order valence-electron chi connectivity index (χ1n) is 11.2. The van der Waals surface area contributed by atoms with E-state index >= 15 is 0 Å². The van der Waals surface area contributed by atoms with Gasteiger partial charge >= 0.3 is 0 Å². The Morgan fingerprint density at radius 2 is 1.75 bits per heavy atom. The molecule has 2 fully saturated rings. The maximum Gasteiger partial charge on any atom is 0.229 e. The summed E-state index contributed by atoms with van der Waals surface area (Å²) in [7, 11) is 0. The highest BCUT2D eigenvalue weighted by Gasteiger charge is 2.26. The van der Waals surface area contributed by atoms with Crippen LogP contribution in [0.5, 0.6) is 0 Å². The Balaban J connectivity index is 1.61. The zero-order valence-corrected chi connectivity index (χ0v) is 18.6. The van der Waals surface area contributed by atoms with Gasteiger partial charge in [-0.1, -0.05) is 18.2 Å². The minimum Gasteiger partial charge on any atom is -0.392 e. The van der Waals surface area contributed by atoms with Crippen molar-refractivity contribution in [2.24, 2.45) is 0 Å². The fourth-order valence-corrected chi connectivity index (χ4v) is 4.47. The highest BCUT2D eigenvalue weighted by Crippen LogP contribution is 2.30. The normalized spacial score (nSPS) is 21.8. The molecule has 2 aliphatic heterocycles. The van der Waals surface area contributed by atoms with Crippen molar-refractivity contribution in [2.45, 2.75) is 32.7 Å². The van der Waals surface area contributed by atoms with Gasteiger partial charge in [0.15, 0.2) is 5.65 Å². The Hall–Kier alpha value is -2.81. The van der Waals surface area contributed by atoms with Gasteiger partial charge < -0.3 is 24.4 Å². The molecule has 5 rings (SSSR count). The summed E-state index contributed by atoms with van der Waals surface area (Å²) in [5.74, 6) is 1.60. The molecule has 0 radical (unpaired) electrons. The molecule has 8 heteroatoms. The smallest absolute Gasteiger partial charge is 0.229 e. The summed E-state index contributed by atoms with van der Waals surface area (Å²) in [6.07, 6.45) is 0.232. The van der Waals surface area contributed by atoms with Crippen molar-refractivity contribution in [3.63, 3.8) is 0 Å². The second kappa shape index (κ2) is 8.97. The number of fused-ring (bicyclic) bond motifs is 1. The Morgan fingerprint density at radius 1 is 0.969 bits per heavy atom. The van der Waals surface area contributed by atoms with Gasteiger partial charge in [0.1, 0.15) is 5.82 Å². The monoisotopic (exact) mass is 435 g/mol. The van der Waals surface area contributed by atoms with Crippen LogP contribution in [0.3, 0.4) is 0 Å². The SMILES string of the molecule is C[C@@H]1CN(c2nc(N3CCOCC3)c3ccc(-c4cccc(CO)c4)nc3n2)C[C@H](C)O1.